The normalized spacial score (nSPS) is 10.4. The fourth-order valence-corrected chi connectivity index (χ4v) is 3.56. The zero-order chi connectivity index (χ0) is 21.5. The van der Waals surface area contributed by atoms with Crippen molar-refractivity contribution in [2.24, 2.45) is 0 Å². The van der Waals surface area contributed by atoms with Gasteiger partial charge in [-0.2, -0.15) is 0 Å². The lowest BCUT2D eigenvalue weighted by molar-refractivity contribution is 0.302. The van der Waals surface area contributed by atoms with Crippen LogP contribution in [0.2, 0.25) is 0 Å². The Balaban J connectivity index is 1.92. The summed E-state index contributed by atoms with van der Waals surface area (Å²) in [5, 5.41) is 0. The predicted octanol–water partition coefficient (Wildman–Crippen LogP) is 5.20. The number of ether oxygens (including phenoxy) is 5. The van der Waals surface area contributed by atoms with E-state index in [1.807, 2.05) is 55.5 Å². The van der Waals surface area contributed by atoms with Gasteiger partial charge >= 0.3 is 0 Å². The van der Waals surface area contributed by atoms with E-state index in [0.717, 1.165) is 28.0 Å². The summed E-state index contributed by atoms with van der Waals surface area (Å²) in [4.78, 5) is 0. The first kappa shape index (κ1) is 21.4. The minimum absolute atomic E-state index is 0.522. The number of methoxy groups -OCH3 is 4. The first-order valence-corrected chi connectivity index (χ1v) is 9.74. The van der Waals surface area contributed by atoms with Gasteiger partial charge in [-0.1, -0.05) is 42.5 Å². The molecule has 0 atom stereocenters. The van der Waals surface area contributed by atoms with Gasteiger partial charge in [0.2, 0.25) is 11.5 Å². The van der Waals surface area contributed by atoms with Crippen LogP contribution in [0.5, 0.6) is 28.7 Å². The maximum Gasteiger partial charge on any atom is 0.207 e. The van der Waals surface area contributed by atoms with E-state index in [1.54, 1.807) is 28.4 Å². The van der Waals surface area contributed by atoms with Crippen molar-refractivity contribution in [2.75, 3.05) is 28.4 Å². The third-order valence-electron chi connectivity index (χ3n) is 5.03. The molecule has 0 amide bonds. The first-order valence-electron chi connectivity index (χ1n) is 9.74. The summed E-state index contributed by atoms with van der Waals surface area (Å²) in [7, 11) is 6.44. The van der Waals surface area contributed by atoms with E-state index in [1.165, 1.54) is 0 Å². The molecule has 0 spiro atoms. The molecule has 30 heavy (non-hydrogen) atoms. The lowest BCUT2D eigenvalue weighted by atomic mass is 9.97. The average molecular weight is 408 g/mol. The van der Waals surface area contributed by atoms with E-state index in [-0.39, 0.29) is 0 Å². The molecule has 0 aromatic heterocycles. The lowest BCUT2D eigenvalue weighted by Gasteiger charge is -2.21. The summed E-state index contributed by atoms with van der Waals surface area (Å²) >= 11 is 0. The van der Waals surface area contributed by atoms with Crippen molar-refractivity contribution in [2.45, 2.75) is 20.0 Å². The molecule has 5 heteroatoms. The fraction of sp³-hybridized carbons (Fsp3) is 0.280. The molecule has 0 aliphatic heterocycles. The van der Waals surface area contributed by atoms with E-state index >= 15 is 0 Å². The number of benzene rings is 3. The third kappa shape index (κ3) is 4.46. The topological polar surface area (TPSA) is 46.2 Å². The van der Waals surface area contributed by atoms with Crippen LogP contribution in [0.3, 0.4) is 0 Å². The molecule has 0 N–H and O–H groups in total. The Morgan fingerprint density at radius 2 is 1.23 bits per heavy atom. The summed E-state index contributed by atoms with van der Waals surface area (Å²) in [5.74, 6) is 3.15. The molecule has 3 aromatic rings. The highest BCUT2D eigenvalue weighted by Gasteiger charge is 2.25. The van der Waals surface area contributed by atoms with E-state index in [4.69, 9.17) is 23.7 Å². The zero-order valence-corrected chi connectivity index (χ0v) is 18.2. The minimum Gasteiger partial charge on any atom is -0.492 e. The van der Waals surface area contributed by atoms with Crippen LogP contribution >= 0.6 is 0 Å². The monoisotopic (exact) mass is 408 g/mol. The van der Waals surface area contributed by atoms with E-state index in [9.17, 15) is 0 Å². The van der Waals surface area contributed by atoms with Crippen LogP contribution in [-0.4, -0.2) is 28.4 Å². The minimum atomic E-state index is 0.522. The maximum atomic E-state index is 5.98. The third-order valence-corrected chi connectivity index (χ3v) is 5.03. The van der Waals surface area contributed by atoms with Gasteiger partial charge in [-0.05, 0) is 30.2 Å². The average Bonchev–Trinajstić information content (AvgIpc) is 2.79. The quantitative estimate of drug-likeness (QED) is 0.487. The molecule has 0 fully saturated rings. The molecule has 0 radical (unpaired) electrons. The molecule has 0 bridgehead atoms. The van der Waals surface area contributed by atoms with Crippen molar-refractivity contribution < 1.29 is 23.7 Å². The molecule has 3 aromatic carbocycles. The van der Waals surface area contributed by atoms with Crippen LogP contribution in [-0.2, 0) is 13.0 Å². The molecule has 0 saturated carbocycles. The second-order valence-corrected chi connectivity index (χ2v) is 6.84. The summed E-state index contributed by atoms with van der Waals surface area (Å²) in [6.07, 6.45) is 0.633. The van der Waals surface area contributed by atoms with Crippen molar-refractivity contribution in [3.63, 3.8) is 0 Å². The Bertz CT molecular complexity index is 983. The molecular formula is C25H28O5. The summed E-state index contributed by atoms with van der Waals surface area (Å²) < 4.78 is 28.4. The summed E-state index contributed by atoms with van der Waals surface area (Å²) in [5.41, 5.74) is 4.15. The van der Waals surface area contributed by atoms with Crippen LogP contribution in [0, 0.1) is 6.92 Å². The Morgan fingerprint density at radius 3 is 1.87 bits per heavy atom. The van der Waals surface area contributed by atoms with Crippen molar-refractivity contribution in [3.05, 3.63) is 76.9 Å². The fourth-order valence-electron chi connectivity index (χ4n) is 3.56. The smallest absolute Gasteiger partial charge is 0.207 e. The lowest BCUT2D eigenvalue weighted by Crippen LogP contribution is -2.05. The Morgan fingerprint density at radius 1 is 0.633 bits per heavy atom. The molecule has 158 valence electrons. The highest BCUT2D eigenvalue weighted by molar-refractivity contribution is 5.67. The van der Waals surface area contributed by atoms with Crippen molar-refractivity contribution in [1.82, 2.24) is 0 Å². The summed E-state index contributed by atoms with van der Waals surface area (Å²) in [6.45, 7) is 2.52. The number of hydrogen-bond acceptors (Lipinski definition) is 5. The second-order valence-electron chi connectivity index (χ2n) is 6.84. The second kappa shape index (κ2) is 9.92. The van der Waals surface area contributed by atoms with E-state index in [2.05, 4.69) is 6.07 Å². The molecule has 0 aliphatic carbocycles. The standard InChI is InChI=1S/C25H28O5/c1-17-21(23(27-3)25(29-5)24(28-4)22(17)26-2)15-19-12-9-13-20(14-19)30-16-18-10-7-6-8-11-18/h6-14H,15-16H2,1-5H3. The van der Waals surface area contributed by atoms with Gasteiger partial charge in [0.1, 0.15) is 12.4 Å². The highest BCUT2D eigenvalue weighted by atomic mass is 16.5. The van der Waals surface area contributed by atoms with Gasteiger partial charge in [-0.25, -0.2) is 0 Å². The van der Waals surface area contributed by atoms with Gasteiger partial charge in [0.25, 0.3) is 0 Å². The molecule has 0 unspecified atom stereocenters. The van der Waals surface area contributed by atoms with Gasteiger partial charge in [0, 0.05) is 17.5 Å². The Hall–Kier alpha value is -3.34. The van der Waals surface area contributed by atoms with Crippen LogP contribution in [0.15, 0.2) is 54.6 Å². The number of rotatable bonds is 9. The van der Waals surface area contributed by atoms with Crippen LogP contribution < -0.4 is 23.7 Å². The van der Waals surface area contributed by atoms with Crippen LogP contribution in [0.1, 0.15) is 22.3 Å². The van der Waals surface area contributed by atoms with Gasteiger partial charge in [0.05, 0.1) is 28.4 Å². The molecule has 0 heterocycles. The van der Waals surface area contributed by atoms with Crippen molar-refractivity contribution >= 4 is 0 Å². The first-order chi connectivity index (χ1) is 14.6. The van der Waals surface area contributed by atoms with E-state index in [0.29, 0.717) is 36.0 Å². The van der Waals surface area contributed by atoms with E-state index < -0.39 is 0 Å². The predicted molar refractivity (Wildman–Crippen MR) is 117 cm³/mol. The van der Waals surface area contributed by atoms with Crippen LogP contribution in [0.4, 0.5) is 0 Å². The van der Waals surface area contributed by atoms with Crippen molar-refractivity contribution in [3.8, 4) is 28.7 Å². The largest absolute Gasteiger partial charge is 0.492 e. The van der Waals surface area contributed by atoms with Gasteiger partial charge in [0.15, 0.2) is 11.5 Å². The SMILES string of the molecule is COc1c(C)c(Cc2cccc(OCc3ccccc3)c2)c(OC)c(OC)c1OC. The Kier molecular flexibility index (Phi) is 7.07. The van der Waals surface area contributed by atoms with Gasteiger partial charge in [-0.15, -0.1) is 0 Å². The van der Waals surface area contributed by atoms with Crippen molar-refractivity contribution in [1.29, 1.82) is 0 Å². The summed E-state index contributed by atoms with van der Waals surface area (Å²) in [6, 6.07) is 18.2. The van der Waals surface area contributed by atoms with Gasteiger partial charge in [-0.3, -0.25) is 0 Å². The maximum absolute atomic E-state index is 5.98. The number of hydrogen-bond donors (Lipinski definition) is 0. The van der Waals surface area contributed by atoms with Gasteiger partial charge < -0.3 is 23.7 Å². The molecule has 0 aliphatic rings. The Labute approximate surface area is 178 Å². The molecule has 5 nitrogen and oxygen atoms in total. The molecule has 3 rings (SSSR count). The zero-order valence-electron chi connectivity index (χ0n) is 18.2. The highest BCUT2D eigenvalue weighted by Crippen LogP contribution is 2.49. The molecule has 0 saturated heterocycles. The molecular weight excluding hydrogens is 380 g/mol. The van der Waals surface area contributed by atoms with Crippen LogP contribution in [0.25, 0.3) is 0 Å².